The third kappa shape index (κ3) is 2.83. The standard InChI is InChI=1S/C17H20N6O5/c1-2-18-17(24)19-10-6-25-15-11(7-26-14(10)15)23-16(20-21-22-23)9-3-4-12-13(5-9)28-8-27-12/h3-5,10-11,14-15H,2,6-8H2,1H3,(H2,18,19,24)/t10-,11-,14+,15+/m0/s1. The van der Waals surface area contributed by atoms with Gasteiger partial charge in [0.1, 0.15) is 18.2 Å². The van der Waals surface area contributed by atoms with Crippen LogP contribution in [0.2, 0.25) is 0 Å². The number of nitrogens with zero attached hydrogens (tertiary/aromatic N) is 4. The van der Waals surface area contributed by atoms with Gasteiger partial charge in [0, 0.05) is 12.1 Å². The number of ether oxygens (including phenoxy) is 4. The Bertz CT molecular complexity index is 889. The monoisotopic (exact) mass is 388 g/mol. The van der Waals surface area contributed by atoms with Crippen molar-refractivity contribution in [1.29, 1.82) is 0 Å². The summed E-state index contributed by atoms with van der Waals surface area (Å²) < 4.78 is 24.4. The number of rotatable bonds is 4. The second-order valence-electron chi connectivity index (χ2n) is 6.79. The van der Waals surface area contributed by atoms with Crippen LogP contribution in [-0.2, 0) is 9.47 Å². The highest BCUT2D eigenvalue weighted by molar-refractivity contribution is 5.74. The number of hydrogen-bond donors (Lipinski definition) is 2. The highest BCUT2D eigenvalue weighted by atomic mass is 16.7. The van der Waals surface area contributed by atoms with Gasteiger partial charge in [-0.3, -0.25) is 0 Å². The minimum Gasteiger partial charge on any atom is -0.454 e. The van der Waals surface area contributed by atoms with E-state index in [0.29, 0.717) is 37.1 Å². The number of amides is 2. The molecule has 0 aliphatic carbocycles. The average molecular weight is 388 g/mol. The molecule has 0 bridgehead atoms. The molecular weight excluding hydrogens is 368 g/mol. The van der Waals surface area contributed by atoms with E-state index < -0.39 is 0 Å². The molecule has 11 nitrogen and oxygen atoms in total. The van der Waals surface area contributed by atoms with E-state index in [1.165, 1.54) is 0 Å². The largest absolute Gasteiger partial charge is 0.454 e. The van der Waals surface area contributed by atoms with E-state index in [0.717, 1.165) is 5.56 Å². The first-order valence-electron chi connectivity index (χ1n) is 9.20. The van der Waals surface area contributed by atoms with Crippen LogP contribution in [0.1, 0.15) is 13.0 Å². The molecule has 3 aliphatic rings. The Kier molecular flexibility index (Phi) is 4.24. The van der Waals surface area contributed by atoms with E-state index in [-0.39, 0.29) is 37.1 Å². The van der Waals surface area contributed by atoms with E-state index in [2.05, 4.69) is 26.2 Å². The Morgan fingerprint density at radius 3 is 2.96 bits per heavy atom. The van der Waals surface area contributed by atoms with Crippen molar-refractivity contribution in [3.05, 3.63) is 18.2 Å². The van der Waals surface area contributed by atoms with Gasteiger partial charge in [0.05, 0.1) is 19.3 Å². The molecule has 0 spiro atoms. The maximum absolute atomic E-state index is 11.8. The summed E-state index contributed by atoms with van der Waals surface area (Å²) in [6, 6.07) is 4.94. The third-order valence-electron chi connectivity index (χ3n) is 5.12. The molecule has 2 fully saturated rings. The van der Waals surface area contributed by atoms with Crippen LogP contribution < -0.4 is 20.1 Å². The van der Waals surface area contributed by atoms with E-state index in [1.807, 2.05) is 25.1 Å². The number of tetrazole rings is 1. The normalized spacial score (nSPS) is 27.6. The number of aromatic nitrogens is 4. The number of hydrogen-bond acceptors (Lipinski definition) is 8. The number of benzene rings is 1. The van der Waals surface area contributed by atoms with Crippen LogP contribution in [0.25, 0.3) is 11.4 Å². The molecule has 28 heavy (non-hydrogen) atoms. The summed E-state index contributed by atoms with van der Waals surface area (Å²) in [6.45, 7) is 3.40. The predicted molar refractivity (Wildman–Crippen MR) is 93.9 cm³/mol. The van der Waals surface area contributed by atoms with Crippen LogP contribution in [0.3, 0.4) is 0 Å². The Balaban J connectivity index is 1.36. The molecule has 3 aliphatic heterocycles. The molecule has 148 valence electrons. The maximum Gasteiger partial charge on any atom is 0.315 e. The lowest BCUT2D eigenvalue weighted by molar-refractivity contribution is 0.0624. The summed E-state index contributed by atoms with van der Waals surface area (Å²) in [7, 11) is 0. The van der Waals surface area contributed by atoms with Crippen molar-refractivity contribution < 1.29 is 23.7 Å². The Morgan fingerprint density at radius 2 is 2.07 bits per heavy atom. The van der Waals surface area contributed by atoms with E-state index in [4.69, 9.17) is 18.9 Å². The molecule has 0 saturated carbocycles. The molecule has 11 heteroatoms. The van der Waals surface area contributed by atoms with Gasteiger partial charge in [-0.1, -0.05) is 0 Å². The second-order valence-corrected chi connectivity index (χ2v) is 6.79. The van der Waals surface area contributed by atoms with Gasteiger partial charge in [0.25, 0.3) is 0 Å². The zero-order valence-corrected chi connectivity index (χ0v) is 15.2. The molecular formula is C17H20N6O5. The fourth-order valence-electron chi connectivity index (χ4n) is 3.84. The molecule has 0 radical (unpaired) electrons. The summed E-state index contributed by atoms with van der Waals surface area (Å²) in [6.07, 6.45) is -0.496. The van der Waals surface area contributed by atoms with Crippen LogP contribution in [0, 0.1) is 0 Å². The molecule has 2 N–H and O–H groups in total. The van der Waals surface area contributed by atoms with Gasteiger partial charge < -0.3 is 29.6 Å². The topological polar surface area (TPSA) is 122 Å². The van der Waals surface area contributed by atoms with Crippen molar-refractivity contribution in [2.45, 2.75) is 31.2 Å². The first-order chi connectivity index (χ1) is 13.7. The fourth-order valence-corrected chi connectivity index (χ4v) is 3.84. The molecule has 2 aromatic rings. The summed E-state index contributed by atoms with van der Waals surface area (Å²) in [5.74, 6) is 1.96. The lowest BCUT2D eigenvalue weighted by Gasteiger charge is -2.18. The van der Waals surface area contributed by atoms with Crippen molar-refractivity contribution in [2.24, 2.45) is 0 Å². The van der Waals surface area contributed by atoms with Gasteiger partial charge in [-0.15, -0.1) is 5.10 Å². The number of urea groups is 1. The van der Waals surface area contributed by atoms with Gasteiger partial charge in [-0.25, -0.2) is 9.48 Å². The number of carbonyl (C=O) groups excluding carboxylic acids is 1. The first kappa shape index (κ1) is 17.2. The van der Waals surface area contributed by atoms with Crippen molar-refractivity contribution in [3.8, 4) is 22.9 Å². The highest BCUT2D eigenvalue weighted by Crippen LogP contribution is 2.38. The summed E-state index contributed by atoms with van der Waals surface area (Å²) in [5, 5.41) is 17.8. The maximum atomic E-state index is 11.8. The molecule has 4 atom stereocenters. The van der Waals surface area contributed by atoms with Crippen molar-refractivity contribution in [2.75, 3.05) is 26.6 Å². The number of nitrogens with one attached hydrogen (secondary N) is 2. The SMILES string of the molecule is CCNC(=O)N[C@H]1CO[C@H]2[C@@H]1OC[C@@H]2n1nnnc1-c1ccc2c(c1)OCO2. The van der Waals surface area contributed by atoms with Crippen LogP contribution in [-0.4, -0.2) is 71.0 Å². The van der Waals surface area contributed by atoms with Crippen LogP contribution in [0.4, 0.5) is 4.79 Å². The Morgan fingerprint density at radius 1 is 1.21 bits per heavy atom. The van der Waals surface area contributed by atoms with Crippen molar-refractivity contribution in [1.82, 2.24) is 30.8 Å². The minimum atomic E-state index is -0.249. The van der Waals surface area contributed by atoms with E-state index in [1.54, 1.807) is 4.68 Å². The quantitative estimate of drug-likeness (QED) is 0.756. The Hall–Kier alpha value is -2.92. The zero-order chi connectivity index (χ0) is 19.1. The molecule has 1 aromatic carbocycles. The Labute approximate surface area is 160 Å². The zero-order valence-electron chi connectivity index (χ0n) is 15.2. The van der Waals surface area contributed by atoms with Gasteiger partial charge in [-0.05, 0) is 35.5 Å². The predicted octanol–water partition coefficient (Wildman–Crippen LogP) is 0.0952. The fraction of sp³-hybridized carbons (Fsp3) is 0.529. The summed E-state index contributed by atoms with van der Waals surface area (Å²) >= 11 is 0. The summed E-state index contributed by atoms with van der Waals surface area (Å²) in [5.41, 5.74) is 0.813. The highest BCUT2D eigenvalue weighted by Gasteiger charge is 2.50. The third-order valence-corrected chi connectivity index (χ3v) is 5.12. The van der Waals surface area contributed by atoms with E-state index >= 15 is 0 Å². The second kappa shape index (κ2) is 6.91. The average Bonchev–Trinajstić information content (AvgIpc) is 3.46. The van der Waals surface area contributed by atoms with Crippen LogP contribution in [0.5, 0.6) is 11.5 Å². The van der Waals surface area contributed by atoms with Crippen molar-refractivity contribution >= 4 is 6.03 Å². The van der Waals surface area contributed by atoms with Gasteiger partial charge >= 0.3 is 6.03 Å². The number of fused-ring (bicyclic) bond motifs is 2. The van der Waals surface area contributed by atoms with Crippen LogP contribution >= 0.6 is 0 Å². The van der Waals surface area contributed by atoms with Crippen LogP contribution in [0.15, 0.2) is 18.2 Å². The molecule has 4 heterocycles. The number of carbonyl (C=O) groups is 1. The smallest absolute Gasteiger partial charge is 0.315 e. The first-order valence-corrected chi connectivity index (χ1v) is 9.20. The van der Waals surface area contributed by atoms with Gasteiger partial charge in [0.15, 0.2) is 17.3 Å². The van der Waals surface area contributed by atoms with E-state index in [9.17, 15) is 4.79 Å². The van der Waals surface area contributed by atoms with Gasteiger partial charge in [0.2, 0.25) is 6.79 Å². The minimum absolute atomic E-state index is 0.193. The van der Waals surface area contributed by atoms with Crippen molar-refractivity contribution in [3.63, 3.8) is 0 Å². The van der Waals surface area contributed by atoms with Gasteiger partial charge in [-0.2, -0.15) is 0 Å². The lowest BCUT2D eigenvalue weighted by atomic mass is 10.1. The lowest BCUT2D eigenvalue weighted by Crippen LogP contribution is -2.48. The molecule has 2 saturated heterocycles. The molecule has 5 rings (SSSR count). The summed E-state index contributed by atoms with van der Waals surface area (Å²) in [4.78, 5) is 11.8. The molecule has 0 unspecified atom stereocenters. The molecule has 2 amide bonds. The molecule has 1 aromatic heterocycles.